The van der Waals surface area contributed by atoms with Crippen LogP contribution < -0.4 is 16.0 Å². The number of aromatic nitrogens is 4. The van der Waals surface area contributed by atoms with Crippen LogP contribution in [0.5, 0.6) is 5.75 Å². The molecule has 7 nitrogen and oxygen atoms in total. The van der Waals surface area contributed by atoms with E-state index < -0.39 is 0 Å². The number of nitrogens with two attached hydrogens (primary N) is 1. The Morgan fingerprint density at radius 3 is 2.84 bits per heavy atom. The lowest BCUT2D eigenvalue weighted by Crippen LogP contribution is -2.31. The van der Waals surface area contributed by atoms with Crippen molar-refractivity contribution in [3.63, 3.8) is 0 Å². The largest absolute Gasteiger partial charge is 0.493 e. The standard InChI is InChI=1S/C12H18N6O/c1-3-6-18-12(10(19-2)8-16-18)11(17-13)9-4-5-14-15-7-9/h4-5,7-8,11,17H,3,6,13H2,1-2H3. The van der Waals surface area contributed by atoms with Crippen molar-refractivity contribution in [2.45, 2.75) is 25.9 Å². The van der Waals surface area contributed by atoms with E-state index in [1.54, 1.807) is 25.7 Å². The van der Waals surface area contributed by atoms with Gasteiger partial charge in [0.05, 0.1) is 25.5 Å². The number of hydrogen-bond acceptors (Lipinski definition) is 6. The molecule has 1 atom stereocenters. The van der Waals surface area contributed by atoms with Crippen molar-refractivity contribution in [3.8, 4) is 5.75 Å². The van der Waals surface area contributed by atoms with Crippen LogP contribution in [0.3, 0.4) is 0 Å². The fourth-order valence-corrected chi connectivity index (χ4v) is 2.02. The summed E-state index contributed by atoms with van der Waals surface area (Å²) in [5.74, 6) is 6.39. The summed E-state index contributed by atoms with van der Waals surface area (Å²) >= 11 is 0. The van der Waals surface area contributed by atoms with Gasteiger partial charge in [-0.25, -0.2) is 5.43 Å². The molecule has 7 heteroatoms. The average Bonchev–Trinajstić information content (AvgIpc) is 2.85. The molecule has 102 valence electrons. The van der Waals surface area contributed by atoms with Gasteiger partial charge in [0.25, 0.3) is 0 Å². The molecule has 2 rings (SSSR count). The van der Waals surface area contributed by atoms with E-state index in [2.05, 4.69) is 27.6 Å². The Morgan fingerprint density at radius 1 is 1.42 bits per heavy atom. The molecular formula is C12H18N6O. The summed E-state index contributed by atoms with van der Waals surface area (Å²) in [5, 5.41) is 12.0. The van der Waals surface area contributed by atoms with Gasteiger partial charge in [-0.15, -0.1) is 0 Å². The Morgan fingerprint density at radius 2 is 2.26 bits per heavy atom. The number of nitrogens with one attached hydrogen (secondary N) is 1. The van der Waals surface area contributed by atoms with E-state index in [1.165, 1.54) is 0 Å². The van der Waals surface area contributed by atoms with Gasteiger partial charge in [0.15, 0.2) is 5.75 Å². The molecular weight excluding hydrogens is 244 g/mol. The number of aryl methyl sites for hydroxylation is 1. The first-order valence-electron chi connectivity index (χ1n) is 6.14. The highest BCUT2D eigenvalue weighted by Gasteiger charge is 2.22. The molecule has 1 unspecified atom stereocenters. The second-order valence-electron chi connectivity index (χ2n) is 4.10. The fraction of sp³-hybridized carbons (Fsp3) is 0.417. The maximum Gasteiger partial charge on any atom is 0.161 e. The smallest absolute Gasteiger partial charge is 0.161 e. The van der Waals surface area contributed by atoms with Gasteiger partial charge in [0.2, 0.25) is 0 Å². The number of hydrogen-bond donors (Lipinski definition) is 2. The average molecular weight is 262 g/mol. The highest BCUT2D eigenvalue weighted by atomic mass is 16.5. The lowest BCUT2D eigenvalue weighted by Gasteiger charge is -2.18. The molecule has 0 aliphatic rings. The second kappa shape index (κ2) is 6.26. The summed E-state index contributed by atoms with van der Waals surface area (Å²) in [6, 6.07) is 1.62. The highest BCUT2D eigenvalue weighted by Crippen LogP contribution is 2.29. The molecule has 2 aromatic heterocycles. The van der Waals surface area contributed by atoms with Gasteiger partial charge >= 0.3 is 0 Å². The summed E-state index contributed by atoms with van der Waals surface area (Å²) in [4.78, 5) is 0. The van der Waals surface area contributed by atoms with Crippen molar-refractivity contribution in [2.24, 2.45) is 5.84 Å². The van der Waals surface area contributed by atoms with Crippen LogP contribution in [0.25, 0.3) is 0 Å². The van der Waals surface area contributed by atoms with Crippen molar-refractivity contribution < 1.29 is 4.74 Å². The zero-order valence-electron chi connectivity index (χ0n) is 11.1. The topological polar surface area (TPSA) is 90.9 Å². The first kappa shape index (κ1) is 13.4. The van der Waals surface area contributed by atoms with Crippen LogP contribution in [0.2, 0.25) is 0 Å². The zero-order valence-corrected chi connectivity index (χ0v) is 11.1. The summed E-state index contributed by atoms with van der Waals surface area (Å²) in [5.41, 5.74) is 4.59. The van der Waals surface area contributed by atoms with Gasteiger partial charge < -0.3 is 4.74 Å². The third-order valence-electron chi connectivity index (χ3n) is 2.88. The Bertz CT molecular complexity index is 512. The Hall–Kier alpha value is -1.99. The second-order valence-corrected chi connectivity index (χ2v) is 4.10. The molecule has 0 fully saturated rings. The molecule has 0 radical (unpaired) electrons. The molecule has 0 aromatic carbocycles. The van der Waals surface area contributed by atoms with Gasteiger partial charge in [0, 0.05) is 12.7 Å². The third-order valence-corrected chi connectivity index (χ3v) is 2.88. The van der Waals surface area contributed by atoms with E-state index in [-0.39, 0.29) is 6.04 Å². The van der Waals surface area contributed by atoms with Crippen LogP contribution in [0.1, 0.15) is 30.6 Å². The fourth-order valence-electron chi connectivity index (χ4n) is 2.02. The normalized spacial score (nSPS) is 12.4. The molecule has 0 aliphatic carbocycles. The number of ether oxygens (including phenoxy) is 1. The number of methoxy groups -OCH3 is 1. The maximum absolute atomic E-state index is 5.69. The SMILES string of the molecule is CCCn1ncc(OC)c1C(NN)c1ccnnc1. The quantitative estimate of drug-likeness (QED) is 0.586. The van der Waals surface area contributed by atoms with Crippen LogP contribution >= 0.6 is 0 Å². The number of rotatable bonds is 6. The van der Waals surface area contributed by atoms with E-state index in [4.69, 9.17) is 10.6 Å². The van der Waals surface area contributed by atoms with Crippen LogP contribution in [0.15, 0.2) is 24.7 Å². The molecule has 3 N–H and O–H groups in total. The molecule has 0 spiro atoms. The molecule has 19 heavy (non-hydrogen) atoms. The van der Waals surface area contributed by atoms with Gasteiger partial charge in [0.1, 0.15) is 5.69 Å². The van der Waals surface area contributed by atoms with Crippen molar-refractivity contribution in [2.75, 3.05) is 7.11 Å². The monoisotopic (exact) mass is 262 g/mol. The van der Waals surface area contributed by atoms with Crippen LogP contribution in [-0.2, 0) is 6.54 Å². The summed E-state index contributed by atoms with van der Waals surface area (Å²) < 4.78 is 7.25. The van der Waals surface area contributed by atoms with Gasteiger partial charge in [-0.2, -0.15) is 15.3 Å². The molecule has 2 heterocycles. The van der Waals surface area contributed by atoms with Gasteiger partial charge in [-0.1, -0.05) is 6.92 Å². The predicted octanol–water partition coefficient (Wildman–Crippen LogP) is 0.644. The van der Waals surface area contributed by atoms with Gasteiger partial charge in [-0.05, 0) is 18.1 Å². The van der Waals surface area contributed by atoms with Crippen LogP contribution in [-0.4, -0.2) is 27.1 Å². The number of nitrogens with zero attached hydrogens (tertiary/aromatic N) is 4. The van der Waals surface area contributed by atoms with Crippen molar-refractivity contribution in [3.05, 3.63) is 35.9 Å². The molecule has 0 aliphatic heterocycles. The van der Waals surface area contributed by atoms with E-state index >= 15 is 0 Å². The first-order valence-corrected chi connectivity index (χ1v) is 6.14. The van der Waals surface area contributed by atoms with E-state index in [0.29, 0.717) is 5.75 Å². The maximum atomic E-state index is 5.69. The lowest BCUT2D eigenvalue weighted by molar-refractivity contribution is 0.398. The van der Waals surface area contributed by atoms with Crippen LogP contribution in [0.4, 0.5) is 0 Å². The minimum absolute atomic E-state index is 0.237. The van der Waals surface area contributed by atoms with E-state index in [0.717, 1.165) is 24.2 Å². The zero-order chi connectivity index (χ0) is 13.7. The van der Waals surface area contributed by atoms with Crippen LogP contribution in [0, 0.1) is 0 Å². The van der Waals surface area contributed by atoms with E-state index in [9.17, 15) is 0 Å². The molecule has 2 aromatic rings. The van der Waals surface area contributed by atoms with Gasteiger partial charge in [-0.3, -0.25) is 10.5 Å². The number of hydrazine groups is 1. The minimum atomic E-state index is -0.237. The van der Waals surface area contributed by atoms with Crippen molar-refractivity contribution in [1.29, 1.82) is 0 Å². The Labute approximate surface area is 111 Å². The third kappa shape index (κ3) is 2.72. The van der Waals surface area contributed by atoms with E-state index in [1.807, 2.05) is 10.7 Å². The minimum Gasteiger partial charge on any atom is -0.493 e. The molecule has 0 saturated heterocycles. The molecule has 0 saturated carbocycles. The Balaban J connectivity index is 2.45. The predicted molar refractivity (Wildman–Crippen MR) is 70.3 cm³/mol. The highest BCUT2D eigenvalue weighted by molar-refractivity contribution is 5.34. The van der Waals surface area contributed by atoms with Crippen molar-refractivity contribution >= 4 is 0 Å². The Kier molecular flexibility index (Phi) is 4.43. The molecule has 0 bridgehead atoms. The summed E-state index contributed by atoms with van der Waals surface area (Å²) in [7, 11) is 1.62. The first-order chi connectivity index (χ1) is 9.31. The lowest BCUT2D eigenvalue weighted by atomic mass is 10.1. The summed E-state index contributed by atoms with van der Waals surface area (Å²) in [6.07, 6.45) is 5.98. The van der Waals surface area contributed by atoms with Crippen molar-refractivity contribution in [1.82, 2.24) is 25.4 Å². The summed E-state index contributed by atoms with van der Waals surface area (Å²) in [6.45, 7) is 2.90. The molecule has 0 amide bonds.